The van der Waals surface area contributed by atoms with Gasteiger partial charge < -0.3 is 8.83 Å². The number of nitrogens with zero attached hydrogens (tertiary/aromatic N) is 4. The van der Waals surface area contributed by atoms with Crippen LogP contribution < -0.4 is 4.57 Å². The first-order valence-electron chi connectivity index (χ1n) is 17.3. The van der Waals surface area contributed by atoms with E-state index in [9.17, 15) is 0 Å². The molecule has 0 aliphatic heterocycles. The molecule has 0 bridgehead atoms. The van der Waals surface area contributed by atoms with Gasteiger partial charge >= 0.3 is 0 Å². The fourth-order valence-corrected chi connectivity index (χ4v) is 7.33. The SMILES string of the molecule is Cc1ccc2c(oc3cnc4oc(C(C)(C)C)nc4c32)c1-c1n(-c2c(C(C)C)cc(-c3ccccc3)cc2C(C)C)c2ccccc2[n+]1C. The van der Waals surface area contributed by atoms with E-state index in [4.69, 9.17) is 13.8 Å². The van der Waals surface area contributed by atoms with Gasteiger partial charge in [-0.2, -0.15) is 4.57 Å². The molecule has 0 fully saturated rings. The first kappa shape index (κ1) is 31.1. The van der Waals surface area contributed by atoms with Gasteiger partial charge in [-0.3, -0.25) is 0 Å². The Hall–Kier alpha value is -5.23. The summed E-state index contributed by atoms with van der Waals surface area (Å²) < 4.78 is 17.8. The summed E-state index contributed by atoms with van der Waals surface area (Å²) in [5, 5.41) is 1.94. The molecule has 0 aliphatic rings. The van der Waals surface area contributed by atoms with Crippen LogP contribution in [0.3, 0.4) is 0 Å². The van der Waals surface area contributed by atoms with E-state index in [1.54, 1.807) is 6.20 Å². The second kappa shape index (κ2) is 11.2. The van der Waals surface area contributed by atoms with E-state index < -0.39 is 0 Å². The molecule has 0 atom stereocenters. The van der Waals surface area contributed by atoms with Gasteiger partial charge in [0.1, 0.15) is 16.8 Å². The first-order chi connectivity index (χ1) is 23.4. The predicted molar refractivity (Wildman–Crippen MR) is 200 cm³/mol. The molecule has 4 aromatic carbocycles. The fourth-order valence-electron chi connectivity index (χ4n) is 7.33. The molecule has 8 rings (SSSR count). The fraction of sp³-hybridized carbons (Fsp3) is 0.279. The molecule has 246 valence electrons. The molecule has 4 heterocycles. The number of para-hydroxylation sites is 2. The monoisotopic (exact) mass is 647 g/mol. The lowest BCUT2D eigenvalue weighted by atomic mass is 9.88. The second-order valence-electron chi connectivity index (χ2n) is 15.0. The zero-order chi connectivity index (χ0) is 34.4. The third-order valence-corrected chi connectivity index (χ3v) is 9.86. The minimum Gasteiger partial charge on any atom is -0.453 e. The molecular formula is C43H43N4O2+. The van der Waals surface area contributed by atoms with Crippen molar-refractivity contribution in [3.63, 3.8) is 0 Å². The smallest absolute Gasteiger partial charge is 0.299 e. The topological polar surface area (TPSA) is 60.9 Å². The molecule has 6 nitrogen and oxygen atoms in total. The summed E-state index contributed by atoms with van der Waals surface area (Å²) in [6, 6.07) is 28.6. The van der Waals surface area contributed by atoms with E-state index >= 15 is 0 Å². The number of aromatic nitrogens is 4. The van der Waals surface area contributed by atoms with Gasteiger partial charge in [-0.15, -0.1) is 0 Å². The number of pyridine rings is 1. The van der Waals surface area contributed by atoms with Crippen LogP contribution in [0, 0.1) is 6.92 Å². The normalized spacial score (nSPS) is 12.6. The van der Waals surface area contributed by atoms with E-state index in [1.807, 2.05) is 0 Å². The van der Waals surface area contributed by atoms with Crippen LogP contribution in [0.1, 0.15) is 82.9 Å². The van der Waals surface area contributed by atoms with Gasteiger partial charge in [-0.05, 0) is 59.7 Å². The summed E-state index contributed by atoms with van der Waals surface area (Å²) in [5.41, 5.74) is 13.4. The first-order valence-corrected chi connectivity index (χ1v) is 17.3. The van der Waals surface area contributed by atoms with Crippen LogP contribution in [0.4, 0.5) is 0 Å². The van der Waals surface area contributed by atoms with Crippen LogP contribution in [0.25, 0.3) is 72.4 Å². The Bertz CT molecular complexity index is 2530. The molecule has 0 unspecified atom stereocenters. The molecule has 4 aromatic heterocycles. The van der Waals surface area contributed by atoms with Crippen molar-refractivity contribution in [2.24, 2.45) is 7.05 Å². The number of hydrogen-bond donors (Lipinski definition) is 0. The van der Waals surface area contributed by atoms with Crippen molar-refractivity contribution in [2.45, 2.75) is 72.6 Å². The zero-order valence-corrected chi connectivity index (χ0v) is 29.8. The standard InChI is InChI=1S/C43H43N4O2/c1-24(2)30-21-28(27-15-11-10-12-16-27)22-31(25(3)4)38(30)47-33-18-14-13-17-32(33)46(9)41(47)35-26(5)19-20-29-36-34(48-39(29)35)23-44-40-37(36)45-42(49-40)43(6,7)8/h10-25H,1-9H3/q+1. The maximum atomic E-state index is 6.83. The number of oxazole rings is 1. The average molecular weight is 648 g/mol. The Balaban J connectivity index is 1.50. The molecule has 0 N–H and O–H groups in total. The van der Waals surface area contributed by atoms with Gasteiger partial charge in [0.25, 0.3) is 5.82 Å². The molecular weight excluding hydrogens is 604 g/mol. The van der Waals surface area contributed by atoms with Crippen molar-refractivity contribution < 1.29 is 13.4 Å². The van der Waals surface area contributed by atoms with Gasteiger partial charge in [0, 0.05) is 21.9 Å². The predicted octanol–water partition coefficient (Wildman–Crippen LogP) is 11.1. The Morgan fingerprint density at radius 3 is 2.14 bits per heavy atom. The molecule has 8 aromatic rings. The lowest BCUT2D eigenvalue weighted by Crippen LogP contribution is -2.30. The van der Waals surface area contributed by atoms with Gasteiger partial charge in [0.2, 0.25) is 11.6 Å². The minimum absolute atomic E-state index is 0.249. The summed E-state index contributed by atoms with van der Waals surface area (Å²) in [4.78, 5) is 9.62. The number of imidazole rings is 1. The van der Waals surface area contributed by atoms with E-state index in [2.05, 4.69) is 155 Å². The number of fused-ring (bicyclic) bond motifs is 6. The van der Waals surface area contributed by atoms with Crippen molar-refractivity contribution in [1.29, 1.82) is 0 Å². The van der Waals surface area contributed by atoms with Crippen LogP contribution in [-0.2, 0) is 12.5 Å². The maximum absolute atomic E-state index is 6.83. The van der Waals surface area contributed by atoms with Crippen molar-refractivity contribution in [3.8, 4) is 28.2 Å². The number of hydrogen-bond acceptors (Lipinski definition) is 4. The van der Waals surface area contributed by atoms with Crippen molar-refractivity contribution in [3.05, 3.63) is 108 Å². The highest BCUT2D eigenvalue weighted by atomic mass is 16.4. The molecule has 0 radical (unpaired) electrons. The summed E-state index contributed by atoms with van der Waals surface area (Å²) >= 11 is 0. The average Bonchev–Trinajstić information content (AvgIpc) is 3.76. The van der Waals surface area contributed by atoms with Crippen LogP contribution in [0.2, 0.25) is 0 Å². The lowest BCUT2D eigenvalue weighted by Gasteiger charge is -2.21. The van der Waals surface area contributed by atoms with E-state index in [-0.39, 0.29) is 17.3 Å². The van der Waals surface area contributed by atoms with Crippen molar-refractivity contribution in [1.82, 2.24) is 14.5 Å². The second-order valence-corrected chi connectivity index (χ2v) is 15.0. The molecule has 0 amide bonds. The van der Waals surface area contributed by atoms with Gasteiger partial charge in [-0.25, -0.2) is 14.5 Å². The van der Waals surface area contributed by atoms with Crippen molar-refractivity contribution >= 4 is 44.2 Å². The summed E-state index contributed by atoms with van der Waals surface area (Å²) in [5.74, 6) is 2.29. The quantitative estimate of drug-likeness (QED) is 0.174. The Labute approximate surface area is 287 Å². The molecule has 0 spiro atoms. The molecule has 49 heavy (non-hydrogen) atoms. The molecule has 6 heteroatoms. The highest BCUT2D eigenvalue weighted by molar-refractivity contribution is 6.18. The Morgan fingerprint density at radius 1 is 0.796 bits per heavy atom. The maximum Gasteiger partial charge on any atom is 0.299 e. The van der Waals surface area contributed by atoms with E-state index in [1.165, 1.54) is 27.9 Å². The minimum atomic E-state index is -0.249. The Kier molecular flexibility index (Phi) is 7.07. The summed E-state index contributed by atoms with van der Waals surface area (Å²) in [6.07, 6.45) is 1.78. The van der Waals surface area contributed by atoms with Gasteiger partial charge in [-0.1, -0.05) is 103 Å². The molecule has 0 aliphatic carbocycles. The number of rotatable bonds is 5. The Morgan fingerprint density at radius 2 is 1.47 bits per heavy atom. The van der Waals surface area contributed by atoms with Crippen LogP contribution >= 0.6 is 0 Å². The highest BCUT2D eigenvalue weighted by Crippen LogP contribution is 2.44. The third kappa shape index (κ3) is 4.79. The third-order valence-electron chi connectivity index (χ3n) is 9.86. The number of aryl methyl sites for hydroxylation is 2. The number of furan rings is 1. The van der Waals surface area contributed by atoms with Crippen molar-refractivity contribution in [2.75, 3.05) is 0 Å². The van der Waals surface area contributed by atoms with E-state index in [0.29, 0.717) is 17.2 Å². The lowest BCUT2D eigenvalue weighted by molar-refractivity contribution is -0.633. The van der Waals surface area contributed by atoms with Gasteiger partial charge in [0.15, 0.2) is 22.2 Å². The number of benzene rings is 4. The summed E-state index contributed by atoms with van der Waals surface area (Å²) in [6.45, 7) is 17.7. The van der Waals surface area contributed by atoms with Crippen LogP contribution in [0.15, 0.2) is 93.9 Å². The zero-order valence-electron chi connectivity index (χ0n) is 29.8. The van der Waals surface area contributed by atoms with Gasteiger partial charge in [0.05, 0.1) is 18.6 Å². The summed E-state index contributed by atoms with van der Waals surface area (Å²) in [7, 11) is 2.17. The highest BCUT2D eigenvalue weighted by Gasteiger charge is 2.34. The van der Waals surface area contributed by atoms with Crippen LogP contribution in [0.5, 0.6) is 0 Å². The largest absolute Gasteiger partial charge is 0.453 e. The van der Waals surface area contributed by atoms with E-state index in [0.717, 1.165) is 49.9 Å². The molecule has 0 saturated heterocycles. The van der Waals surface area contributed by atoms with Crippen LogP contribution in [-0.4, -0.2) is 14.5 Å². The molecule has 0 saturated carbocycles.